The second-order valence-corrected chi connectivity index (χ2v) is 6.23. The number of carbonyl (C=O) groups is 1. The van der Waals surface area contributed by atoms with Gasteiger partial charge in [-0.25, -0.2) is 13.1 Å². The number of rotatable bonds is 3. The van der Waals surface area contributed by atoms with Gasteiger partial charge in [-0.3, -0.25) is 4.79 Å². The van der Waals surface area contributed by atoms with Gasteiger partial charge in [-0.05, 0) is 6.92 Å². The Bertz CT molecular complexity index is 498. The van der Waals surface area contributed by atoms with Crippen molar-refractivity contribution in [3.05, 3.63) is 24.8 Å². The van der Waals surface area contributed by atoms with E-state index >= 15 is 0 Å². The van der Waals surface area contributed by atoms with Gasteiger partial charge in [0.05, 0.1) is 30.6 Å². The van der Waals surface area contributed by atoms with Gasteiger partial charge in [-0.15, -0.1) is 6.58 Å². The number of esters is 1. The van der Waals surface area contributed by atoms with E-state index < -0.39 is 40.2 Å². The molecule has 6 nitrogen and oxygen atoms in total. The summed E-state index contributed by atoms with van der Waals surface area (Å²) in [6.45, 7) is 5.55. The SMILES string of the molecule is C=C[C@H]1O[C@H]2C=CCS(=O)(=O)N[C@H]2[C@@H]1C(=O)OCC. The minimum absolute atomic E-state index is 0.113. The molecular formula is C12H17NO5S. The van der Waals surface area contributed by atoms with Crippen LogP contribution in [0.4, 0.5) is 0 Å². The van der Waals surface area contributed by atoms with Crippen LogP contribution in [0.25, 0.3) is 0 Å². The van der Waals surface area contributed by atoms with Gasteiger partial charge in [0, 0.05) is 0 Å². The standard InChI is InChI=1S/C12H17NO5S/c1-3-8-10(12(14)17-4-2)11-9(18-8)6-5-7-19(15,16)13-11/h3,5-6,8-11,13H,1,4,7H2,2H3/t8-,9+,10-,11-/m1/s1. The van der Waals surface area contributed by atoms with Crippen LogP contribution < -0.4 is 4.72 Å². The van der Waals surface area contributed by atoms with Crippen LogP contribution in [-0.4, -0.2) is 45.0 Å². The fraction of sp³-hybridized carbons (Fsp3) is 0.583. The van der Waals surface area contributed by atoms with Crippen molar-refractivity contribution in [2.75, 3.05) is 12.4 Å². The van der Waals surface area contributed by atoms with Crippen LogP contribution >= 0.6 is 0 Å². The van der Waals surface area contributed by atoms with Gasteiger partial charge in [0.2, 0.25) is 10.0 Å². The van der Waals surface area contributed by atoms with Gasteiger partial charge in [-0.1, -0.05) is 18.2 Å². The molecule has 7 heteroatoms. The molecule has 0 radical (unpaired) electrons. The predicted molar refractivity (Wildman–Crippen MR) is 68.8 cm³/mol. The molecule has 2 rings (SSSR count). The zero-order chi connectivity index (χ0) is 14.0. The van der Waals surface area contributed by atoms with Crippen LogP contribution in [0.5, 0.6) is 0 Å². The monoisotopic (exact) mass is 287 g/mol. The number of sulfonamides is 1. The molecule has 1 fully saturated rings. The molecule has 0 spiro atoms. The Labute approximate surface area is 112 Å². The Morgan fingerprint density at radius 3 is 3.00 bits per heavy atom. The molecule has 4 atom stereocenters. The van der Waals surface area contributed by atoms with Crippen LogP contribution in [0.2, 0.25) is 0 Å². The van der Waals surface area contributed by atoms with E-state index in [-0.39, 0.29) is 12.4 Å². The van der Waals surface area contributed by atoms with Gasteiger partial charge in [0.25, 0.3) is 0 Å². The Kier molecular flexibility index (Phi) is 4.07. The van der Waals surface area contributed by atoms with Crippen molar-refractivity contribution in [3.8, 4) is 0 Å². The fourth-order valence-electron chi connectivity index (χ4n) is 2.36. The van der Waals surface area contributed by atoms with Crippen molar-refractivity contribution in [1.29, 1.82) is 0 Å². The van der Waals surface area contributed by atoms with Gasteiger partial charge in [0.1, 0.15) is 5.92 Å². The molecule has 0 aromatic rings. The third-order valence-corrected chi connectivity index (χ3v) is 4.42. The molecule has 2 heterocycles. The Hall–Kier alpha value is -1.18. The molecule has 0 amide bonds. The van der Waals surface area contributed by atoms with E-state index in [9.17, 15) is 13.2 Å². The Morgan fingerprint density at radius 2 is 2.37 bits per heavy atom. The minimum atomic E-state index is -3.45. The molecule has 0 aromatic carbocycles. The van der Waals surface area contributed by atoms with Crippen LogP contribution in [0, 0.1) is 5.92 Å². The second-order valence-electron chi connectivity index (χ2n) is 4.43. The highest BCUT2D eigenvalue weighted by Gasteiger charge is 2.49. The van der Waals surface area contributed by atoms with Gasteiger partial charge in [-0.2, -0.15) is 0 Å². The van der Waals surface area contributed by atoms with Gasteiger partial charge < -0.3 is 9.47 Å². The predicted octanol–water partition coefficient (Wildman–Crippen LogP) is -0.0231. The molecule has 0 aromatic heterocycles. The first-order chi connectivity index (χ1) is 8.98. The van der Waals surface area contributed by atoms with E-state index in [1.54, 1.807) is 13.0 Å². The maximum Gasteiger partial charge on any atom is 0.313 e. The molecule has 0 bridgehead atoms. The summed E-state index contributed by atoms with van der Waals surface area (Å²) >= 11 is 0. The summed E-state index contributed by atoms with van der Waals surface area (Å²) in [6, 6.07) is -0.647. The van der Waals surface area contributed by atoms with E-state index in [0.717, 1.165) is 0 Å². The van der Waals surface area contributed by atoms with Crippen LogP contribution in [0.1, 0.15) is 6.92 Å². The zero-order valence-corrected chi connectivity index (χ0v) is 11.4. The Balaban J connectivity index is 2.31. The number of hydrogen-bond acceptors (Lipinski definition) is 5. The van der Waals surface area contributed by atoms with E-state index in [2.05, 4.69) is 11.3 Å². The van der Waals surface area contributed by atoms with Crippen molar-refractivity contribution in [2.45, 2.75) is 25.2 Å². The van der Waals surface area contributed by atoms with Crippen LogP contribution in [-0.2, 0) is 24.3 Å². The normalized spacial score (nSPS) is 36.3. The first-order valence-corrected chi connectivity index (χ1v) is 7.75. The summed E-state index contributed by atoms with van der Waals surface area (Å²) in [4.78, 5) is 12.0. The van der Waals surface area contributed by atoms with Gasteiger partial charge in [0.15, 0.2) is 0 Å². The summed E-state index contributed by atoms with van der Waals surface area (Å²) in [5.74, 6) is -1.30. The smallest absolute Gasteiger partial charge is 0.313 e. The lowest BCUT2D eigenvalue weighted by atomic mass is 9.94. The van der Waals surface area contributed by atoms with E-state index in [0.29, 0.717) is 0 Å². The first-order valence-electron chi connectivity index (χ1n) is 6.10. The molecule has 1 N–H and O–H groups in total. The first kappa shape index (κ1) is 14.2. The zero-order valence-electron chi connectivity index (χ0n) is 10.6. The van der Waals surface area contributed by atoms with Gasteiger partial charge >= 0.3 is 5.97 Å². The molecule has 0 unspecified atom stereocenters. The Morgan fingerprint density at radius 1 is 1.63 bits per heavy atom. The molecular weight excluding hydrogens is 270 g/mol. The molecule has 0 saturated carbocycles. The lowest BCUT2D eigenvalue weighted by Crippen LogP contribution is -2.46. The molecule has 1 saturated heterocycles. The quantitative estimate of drug-likeness (QED) is 0.582. The molecule has 2 aliphatic rings. The van der Waals surface area contributed by atoms with Crippen molar-refractivity contribution >= 4 is 16.0 Å². The van der Waals surface area contributed by atoms with Crippen molar-refractivity contribution in [2.24, 2.45) is 5.92 Å². The maximum atomic E-state index is 12.0. The molecule has 19 heavy (non-hydrogen) atoms. The van der Waals surface area contributed by atoms with E-state index in [4.69, 9.17) is 9.47 Å². The average molecular weight is 287 g/mol. The summed E-state index contributed by atoms with van der Waals surface area (Å²) in [7, 11) is -3.45. The number of nitrogens with one attached hydrogen (secondary N) is 1. The van der Waals surface area contributed by atoms with Crippen molar-refractivity contribution in [3.63, 3.8) is 0 Å². The highest BCUT2D eigenvalue weighted by Crippen LogP contribution is 2.31. The lowest BCUT2D eigenvalue weighted by Gasteiger charge is -2.20. The minimum Gasteiger partial charge on any atom is -0.466 e. The highest BCUT2D eigenvalue weighted by molar-refractivity contribution is 7.89. The number of hydrogen-bond donors (Lipinski definition) is 1. The fourth-order valence-corrected chi connectivity index (χ4v) is 3.51. The summed E-state index contributed by atoms with van der Waals surface area (Å²) < 4.78 is 36.6. The lowest BCUT2D eigenvalue weighted by molar-refractivity contribution is -0.149. The number of carbonyl (C=O) groups excluding carboxylic acids is 1. The van der Waals surface area contributed by atoms with Crippen molar-refractivity contribution in [1.82, 2.24) is 4.72 Å². The van der Waals surface area contributed by atoms with E-state index in [1.165, 1.54) is 12.2 Å². The van der Waals surface area contributed by atoms with E-state index in [1.807, 2.05) is 0 Å². The third kappa shape index (κ3) is 2.88. The second kappa shape index (κ2) is 5.44. The number of fused-ring (bicyclic) bond motifs is 1. The summed E-state index contributed by atoms with van der Waals surface area (Å²) in [5.41, 5.74) is 0. The molecule has 106 valence electrons. The van der Waals surface area contributed by atoms with Crippen molar-refractivity contribution < 1.29 is 22.7 Å². The van der Waals surface area contributed by atoms with Crippen LogP contribution in [0.15, 0.2) is 24.8 Å². The maximum absolute atomic E-state index is 12.0. The number of ether oxygens (including phenoxy) is 2. The largest absolute Gasteiger partial charge is 0.466 e. The van der Waals surface area contributed by atoms with Crippen LogP contribution in [0.3, 0.4) is 0 Å². The summed E-state index contributed by atoms with van der Waals surface area (Å²) in [6.07, 6.45) is 3.66. The highest BCUT2D eigenvalue weighted by atomic mass is 32.2. The topological polar surface area (TPSA) is 81.7 Å². The summed E-state index contributed by atoms with van der Waals surface area (Å²) in [5, 5.41) is 0. The molecule has 2 aliphatic heterocycles. The average Bonchev–Trinajstić information content (AvgIpc) is 2.59. The third-order valence-electron chi connectivity index (χ3n) is 3.16. The molecule has 0 aliphatic carbocycles.